The van der Waals surface area contributed by atoms with Crippen molar-refractivity contribution in [3.05, 3.63) is 51.4 Å². The summed E-state index contributed by atoms with van der Waals surface area (Å²) in [7, 11) is 0. The number of halogens is 2. The maximum absolute atomic E-state index is 13.4. The zero-order valence-corrected chi connectivity index (χ0v) is 11.3. The predicted octanol–water partition coefficient (Wildman–Crippen LogP) is 4.33. The largest absolute Gasteiger partial charge is 0.323 e. The Bertz CT molecular complexity index is 501. The minimum absolute atomic E-state index is 0.114. The zero-order valence-electron chi connectivity index (χ0n) is 8.90. The van der Waals surface area contributed by atoms with Crippen LogP contribution in [0.2, 0.25) is 4.34 Å². The number of hydrogen-bond donors (Lipinski definition) is 1. The van der Waals surface area contributed by atoms with Crippen LogP contribution in [-0.2, 0) is 0 Å². The van der Waals surface area contributed by atoms with Crippen LogP contribution in [0.4, 0.5) is 4.39 Å². The molecule has 17 heavy (non-hydrogen) atoms. The number of hydrogen-bond acceptors (Lipinski definition) is 3. The Hall–Kier alpha value is -0.550. The van der Waals surface area contributed by atoms with Crippen molar-refractivity contribution in [1.82, 2.24) is 0 Å². The van der Waals surface area contributed by atoms with E-state index < -0.39 is 0 Å². The number of thiophene rings is 1. The molecule has 0 aliphatic carbocycles. The lowest BCUT2D eigenvalue weighted by atomic mass is 10.3. The molecule has 5 heteroatoms. The molecule has 1 aromatic carbocycles. The molecule has 1 atom stereocenters. The van der Waals surface area contributed by atoms with Crippen molar-refractivity contribution in [2.75, 3.05) is 5.75 Å². The van der Waals surface area contributed by atoms with Gasteiger partial charge >= 0.3 is 0 Å². The molecule has 0 radical (unpaired) electrons. The molecule has 0 bridgehead atoms. The van der Waals surface area contributed by atoms with Crippen molar-refractivity contribution in [2.45, 2.75) is 10.9 Å². The average Bonchev–Trinajstić information content (AvgIpc) is 2.74. The van der Waals surface area contributed by atoms with Crippen molar-refractivity contribution in [3.8, 4) is 0 Å². The Kier molecular flexibility index (Phi) is 4.45. The van der Waals surface area contributed by atoms with Gasteiger partial charge in [0.25, 0.3) is 0 Å². The summed E-state index contributed by atoms with van der Waals surface area (Å²) in [5, 5.41) is 0. The maximum atomic E-state index is 13.4. The van der Waals surface area contributed by atoms with E-state index >= 15 is 0 Å². The van der Waals surface area contributed by atoms with Gasteiger partial charge < -0.3 is 5.73 Å². The molecular weight excluding hydrogens is 277 g/mol. The van der Waals surface area contributed by atoms with Gasteiger partial charge in [0.05, 0.1) is 4.34 Å². The van der Waals surface area contributed by atoms with E-state index in [2.05, 4.69) is 0 Å². The fraction of sp³-hybridized carbons (Fsp3) is 0.167. The van der Waals surface area contributed by atoms with Crippen molar-refractivity contribution < 1.29 is 4.39 Å². The van der Waals surface area contributed by atoms with E-state index in [1.165, 1.54) is 29.2 Å². The minimum atomic E-state index is -0.200. The van der Waals surface area contributed by atoms with Crippen LogP contribution < -0.4 is 5.73 Å². The van der Waals surface area contributed by atoms with E-state index in [0.717, 1.165) is 9.21 Å². The highest BCUT2D eigenvalue weighted by atomic mass is 35.5. The van der Waals surface area contributed by atoms with Crippen LogP contribution in [0.15, 0.2) is 41.3 Å². The van der Waals surface area contributed by atoms with Crippen molar-refractivity contribution in [2.24, 2.45) is 5.73 Å². The molecular formula is C12H11ClFNS2. The second-order valence-electron chi connectivity index (χ2n) is 3.49. The fourth-order valence-electron chi connectivity index (χ4n) is 1.35. The Morgan fingerprint density at radius 2 is 2.06 bits per heavy atom. The summed E-state index contributed by atoms with van der Waals surface area (Å²) in [5.74, 6) is 0.437. The first-order chi connectivity index (χ1) is 8.16. The summed E-state index contributed by atoms with van der Waals surface area (Å²) in [4.78, 5) is 1.66. The summed E-state index contributed by atoms with van der Waals surface area (Å²) < 4.78 is 14.1. The summed E-state index contributed by atoms with van der Waals surface area (Å²) >= 11 is 8.73. The molecule has 90 valence electrons. The third-order valence-corrected chi connectivity index (χ3v) is 4.75. The third-order valence-electron chi connectivity index (χ3n) is 2.21. The monoisotopic (exact) mass is 287 g/mol. The SMILES string of the molecule is NC(CSc1ccccc1F)c1ccc(Cl)s1. The molecule has 1 aromatic heterocycles. The highest BCUT2D eigenvalue weighted by Crippen LogP contribution is 2.30. The van der Waals surface area contributed by atoms with E-state index in [-0.39, 0.29) is 11.9 Å². The normalized spacial score (nSPS) is 12.6. The molecule has 0 saturated carbocycles. The summed E-state index contributed by atoms with van der Waals surface area (Å²) in [5.41, 5.74) is 6.01. The number of nitrogens with two attached hydrogens (primary N) is 1. The van der Waals surface area contributed by atoms with Gasteiger partial charge in [-0.3, -0.25) is 0 Å². The molecule has 0 aliphatic rings. The first-order valence-electron chi connectivity index (χ1n) is 5.05. The highest BCUT2D eigenvalue weighted by molar-refractivity contribution is 7.99. The first-order valence-corrected chi connectivity index (χ1v) is 7.23. The summed E-state index contributed by atoms with van der Waals surface area (Å²) in [6, 6.07) is 10.3. The van der Waals surface area contributed by atoms with E-state index in [9.17, 15) is 4.39 Å². The molecule has 0 fully saturated rings. The van der Waals surface area contributed by atoms with Crippen LogP contribution in [-0.4, -0.2) is 5.75 Å². The van der Waals surface area contributed by atoms with Crippen LogP contribution in [0.5, 0.6) is 0 Å². The number of thioether (sulfide) groups is 1. The average molecular weight is 288 g/mol. The van der Waals surface area contributed by atoms with Crippen LogP contribution in [0.1, 0.15) is 10.9 Å². The minimum Gasteiger partial charge on any atom is -0.323 e. The highest BCUT2D eigenvalue weighted by Gasteiger charge is 2.10. The second kappa shape index (κ2) is 5.87. The van der Waals surface area contributed by atoms with Crippen LogP contribution in [0.3, 0.4) is 0 Å². The number of benzene rings is 1. The smallest absolute Gasteiger partial charge is 0.136 e. The van der Waals surface area contributed by atoms with Gasteiger partial charge in [0.1, 0.15) is 5.82 Å². The van der Waals surface area contributed by atoms with E-state index in [4.69, 9.17) is 17.3 Å². The van der Waals surface area contributed by atoms with E-state index in [1.807, 2.05) is 18.2 Å². The van der Waals surface area contributed by atoms with Crippen LogP contribution in [0.25, 0.3) is 0 Å². The van der Waals surface area contributed by atoms with E-state index in [1.54, 1.807) is 12.1 Å². The topological polar surface area (TPSA) is 26.0 Å². The van der Waals surface area contributed by atoms with Crippen LogP contribution in [0, 0.1) is 5.82 Å². The number of rotatable bonds is 4. The third kappa shape index (κ3) is 3.45. The molecule has 1 unspecified atom stereocenters. The van der Waals surface area contributed by atoms with Gasteiger partial charge in [0, 0.05) is 21.6 Å². The molecule has 1 heterocycles. The van der Waals surface area contributed by atoms with Gasteiger partial charge in [-0.15, -0.1) is 23.1 Å². The quantitative estimate of drug-likeness (QED) is 0.847. The van der Waals surface area contributed by atoms with Gasteiger partial charge in [-0.05, 0) is 24.3 Å². The molecule has 2 N–H and O–H groups in total. The Morgan fingerprint density at radius 1 is 1.29 bits per heavy atom. The Morgan fingerprint density at radius 3 is 2.71 bits per heavy atom. The van der Waals surface area contributed by atoms with Crippen molar-refractivity contribution in [1.29, 1.82) is 0 Å². The Labute approximate surface area is 113 Å². The first kappa shape index (κ1) is 12.9. The lowest BCUT2D eigenvalue weighted by Gasteiger charge is -2.09. The molecule has 0 amide bonds. The molecule has 0 saturated heterocycles. The van der Waals surface area contributed by atoms with Crippen molar-refractivity contribution >= 4 is 34.7 Å². The zero-order chi connectivity index (χ0) is 12.3. The van der Waals surface area contributed by atoms with Gasteiger partial charge in [0.15, 0.2) is 0 Å². The summed E-state index contributed by atoms with van der Waals surface area (Å²) in [6.45, 7) is 0. The van der Waals surface area contributed by atoms with Gasteiger partial charge in [0.2, 0.25) is 0 Å². The molecule has 1 nitrogen and oxygen atoms in total. The van der Waals surface area contributed by atoms with Crippen LogP contribution >= 0.6 is 34.7 Å². The molecule has 2 rings (SSSR count). The fourth-order valence-corrected chi connectivity index (χ4v) is 3.44. The van der Waals surface area contributed by atoms with E-state index in [0.29, 0.717) is 10.6 Å². The van der Waals surface area contributed by atoms with Gasteiger partial charge in [-0.25, -0.2) is 4.39 Å². The van der Waals surface area contributed by atoms with Crippen molar-refractivity contribution in [3.63, 3.8) is 0 Å². The molecule has 2 aromatic rings. The standard InChI is InChI=1S/C12H11ClFNS2/c13-12-6-5-11(17-12)9(15)7-16-10-4-2-1-3-8(10)14/h1-6,9H,7,15H2. The summed E-state index contributed by atoms with van der Waals surface area (Å²) in [6.07, 6.45) is 0. The predicted molar refractivity (Wildman–Crippen MR) is 73.4 cm³/mol. The second-order valence-corrected chi connectivity index (χ2v) is 6.30. The lowest BCUT2D eigenvalue weighted by Crippen LogP contribution is -2.11. The maximum Gasteiger partial charge on any atom is 0.136 e. The molecule has 0 aliphatic heterocycles. The molecule has 0 spiro atoms. The van der Waals surface area contributed by atoms with Gasteiger partial charge in [-0.2, -0.15) is 0 Å². The Balaban J connectivity index is 1.97. The van der Waals surface area contributed by atoms with Gasteiger partial charge in [-0.1, -0.05) is 23.7 Å². The lowest BCUT2D eigenvalue weighted by molar-refractivity contribution is 0.602.